The van der Waals surface area contributed by atoms with Crippen LogP contribution in [0.1, 0.15) is 12.8 Å². The van der Waals surface area contributed by atoms with E-state index in [1.54, 1.807) is 0 Å². The van der Waals surface area contributed by atoms with E-state index < -0.39 is 12.0 Å². The monoisotopic (exact) mass is 204 g/mol. The summed E-state index contributed by atoms with van der Waals surface area (Å²) in [6, 6.07) is -0.832. The molecule has 82 valence electrons. The average Bonchev–Trinajstić information content (AvgIpc) is 2.17. The molecule has 0 aromatic rings. The maximum atomic E-state index is 10.3. The van der Waals surface area contributed by atoms with Crippen LogP contribution >= 0.6 is 0 Å². The highest BCUT2D eigenvalue weighted by Crippen LogP contribution is 1.92. The number of nitrogens with one attached hydrogen (secondary N) is 2. The molecule has 0 amide bonds. The Bertz CT molecular complexity index is 207. The van der Waals surface area contributed by atoms with Gasteiger partial charge in [-0.2, -0.15) is 0 Å². The largest absolute Gasteiger partial charge is 0.480 e. The SMILES string of the molecule is CN=C(NO)NCCC[C@H](N)C(=O)O. The second kappa shape index (κ2) is 7.10. The summed E-state index contributed by atoms with van der Waals surface area (Å²) in [6.07, 6.45) is 0.971. The van der Waals surface area contributed by atoms with Crippen LogP contribution in [0.4, 0.5) is 0 Å². The van der Waals surface area contributed by atoms with Gasteiger partial charge in [0.2, 0.25) is 5.96 Å². The van der Waals surface area contributed by atoms with Crippen molar-refractivity contribution < 1.29 is 15.1 Å². The number of nitrogens with two attached hydrogens (primary N) is 1. The lowest BCUT2D eigenvalue weighted by Gasteiger charge is -2.08. The zero-order chi connectivity index (χ0) is 11.0. The lowest BCUT2D eigenvalue weighted by atomic mass is 10.2. The minimum Gasteiger partial charge on any atom is -0.480 e. The number of nitrogens with zero attached hydrogens (tertiary/aromatic N) is 1. The first-order chi connectivity index (χ1) is 6.61. The quantitative estimate of drug-likeness (QED) is 0.165. The van der Waals surface area contributed by atoms with Crippen LogP contribution < -0.4 is 16.5 Å². The number of rotatable bonds is 5. The number of guanidine groups is 1. The molecule has 0 aliphatic carbocycles. The highest BCUT2D eigenvalue weighted by molar-refractivity contribution is 5.78. The van der Waals surface area contributed by atoms with Crippen molar-refractivity contribution in [1.29, 1.82) is 0 Å². The number of carboxylic acid groups (broad SMARTS) is 1. The second-order valence-electron chi connectivity index (χ2n) is 2.70. The third-order valence-electron chi connectivity index (χ3n) is 1.63. The molecule has 0 spiro atoms. The summed E-state index contributed by atoms with van der Waals surface area (Å²) in [6.45, 7) is 0.501. The molecule has 0 saturated heterocycles. The molecule has 6 N–H and O–H groups in total. The van der Waals surface area contributed by atoms with Gasteiger partial charge in [0, 0.05) is 13.6 Å². The molecule has 0 heterocycles. The lowest BCUT2D eigenvalue weighted by molar-refractivity contribution is -0.138. The molecule has 0 rings (SSSR count). The van der Waals surface area contributed by atoms with Gasteiger partial charge in [-0.3, -0.25) is 15.0 Å². The first-order valence-corrected chi connectivity index (χ1v) is 4.21. The van der Waals surface area contributed by atoms with Crippen molar-refractivity contribution in [2.24, 2.45) is 10.7 Å². The summed E-state index contributed by atoms with van der Waals surface area (Å²) < 4.78 is 0. The normalized spacial score (nSPS) is 13.5. The Morgan fingerprint density at radius 1 is 1.64 bits per heavy atom. The molecule has 7 nitrogen and oxygen atoms in total. The molecule has 0 saturated carbocycles. The van der Waals surface area contributed by atoms with Gasteiger partial charge in [-0.15, -0.1) is 0 Å². The van der Waals surface area contributed by atoms with Crippen molar-refractivity contribution in [3.05, 3.63) is 0 Å². The summed E-state index contributed by atoms with van der Waals surface area (Å²) >= 11 is 0. The van der Waals surface area contributed by atoms with E-state index in [2.05, 4.69) is 10.3 Å². The summed E-state index contributed by atoms with van der Waals surface area (Å²) in [4.78, 5) is 14.0. The number of carboxylic acids is 1. The molecule has 0 aromatic carbocycles. The van der Waals surface area contributed by atoms with E-state index in [-0.39, 0.29) is 5.96 Å². The fourth-order valence-electron chi connectivity index (χ4n) is 0.821. The van der Waals surface area contributed by atoms with E-state index in [1.807, 2.05) is 5.48 Å². The first kappa shape index (κ1) is 12.7. The molecule has 0 fully saturated rings. The molecule has 0 aromatic heterocycles. The fourth-order valence-corrected chi connectivity index (χ4v) is 0.821. The first-order valence-electron chi connectivity index (χ1n) is 4.21. The molecule has 1 atom stereocenters. The molecule has 0 radical (unpaired) electrons. The summed E-state index contributed by atoms with van der Waals surface area (Å²) in [7, 11) is 1.51. The van der Waals surface area contributed by atoms with Crippen LogP contribution in [0.25, 0.3) is 0 Å². The molecule has 0 bridgehead atoms. The molecular weight excluding hydrogens is 188 g/mol. The number of carbonyl (C=O) groups is 1. The van der Waals surface area contributed by atoms with Crippen LogP contribution in [0.15, 0.2) is 4.99 Å². The van der Waals surface area contributed by atoms with E-state index in [4.69, 9.17) is 16.0 Å². The Morgan fingerprint density at radius 3 is 2.71 bits per heavy atom. The highest BCUT2D eigenvalue weighted by Gasteiger charge is 2.09. The number of hydrogen-bond donors (Lipinski definition) is 5. The second-order valence-corrected chi connectivity index (χ2v) is 2.70. The maximum absolute atomic E-state index is 10.3. The molecule has 14 heavy (non-hydrogen) atoms. The van der Waals surface area contributed by atoms with Gasteiger partial charge in [-0.25, -0.2) is 5.48 Å². The topological polar surface area (TPSA) is 120 Å². The third kappa shape index (κ3) is 5.33. The van der Waals surface area contributed by atoms with Crippen LogP contribution in [0.3, 0.4) is 0 Å². The standard InChI is InChI=1S/C7H16N4O3/c1-9-7(11-14)10-4-2-3-5(8)6(12)13/h5,14H,2-4,8H2,1H3,(H,12,13)(H2,9,10,11)/t5-/m0/s1. The Morgan fingerprint density at radius 2 is 2.29 bits per heavy atom. The van der Waals surface area contributed by atoms with E-state index in [9.17, 15) is 4.79 Å². The van der Waals surface area contributed by atoms with Crippen molar-refractivity contribution >= 4 is 11.9 Å². The third-order valence-corrected chi connectivity index (χ3v) is 1.63. The van der Waals surface area contributed by atoms with E-state index in [1.165, 1.54) is 7.05 Å². The smallest absolute Gasteiger partial charge is 0.320 e. The number of aliphatic carboxylic acids is 1. The predicted molar refractivity (Wildman–Crippen MR) is 51.1 cm³/mol. The minimum atomic E-state index is -1.00. The molecular formula is C7H16N4O3. The number of hydrogen-bond acceptors (Lipinski definition) is 4. The van der Waals surface area contributed by atoms with Crippen molar-refractivity contribution in [1.82, 2.24) is 10.8 Å². The zero-order valence-corrected chi connectivity index (χ0v) is 8.03. The van der Waals surface area contributed by atoms with Crippen LogP contribution in [0.5, 0.6) is 0 Å². The van der Waals surface area contributed by atoms with Crippen LogP contribution in [0.2, 0.25) is 0 Å². The fraction of sp³-hybridized carbons (Fsp3) is 0.714. The molecule has 0 unspecified atom stereocenters. The van der Waals surface area contributed by atoms with Crippen LogP contribution in [0, 0.1) is 0 Å². The Labute approximate surface area is 82.0 Å². The van der Waals surface area contributed by atoms with Gasteiger partial charge in [0.25, 0.3) is 0 Å². The Hall–Kier alpha value is -1.34. The zero-order valence-electron chi connectivity index (χ0n) is 8.03. The average molecular weight is 204 g/mol. The van der Waals surface area contributed by atoms with Gasteiger partial charge in [-0.05, 0) is 12.8 Å². The van der Waals surface area contributed by atoms with Gasteiger partial charge in [0.1, 0.15) is 6.04 Å². The van der Waals surface area contributed by atoms with E-state index in [0.29, 0.717) is 19.4 Å². The van der Waals surface area contributed by atoms with Gasteiger partial charge in [0.15, 0.2) is 0 Å². The molecule has 0 aliphatic rings. The lowest BCUT2D eigenvalue weighted by Crippen LogP contribution is -2.37. The van der Waals surface area contributed by atoms with Crippen LogP contribution in [-0.4, -0.2) is 41.9 Å². The summed E-state index contributed by atoms with van der Waals surface area (Å²) in [5.41, 5.74) is 7.13. The highest BCUT2D eigenvalue weighted by atomic mass is 16.5. The van der Waals surface area contributed by atoms with Crippen molar-refractivity contribution in [3.63, 3.8) is 0 Å². The number of aliphatic imine (C=N–C) groups is 1. The van der Waals surface area contributed by atoms with Crippen LogP contribution in [-0.2, 0) is 4.79 Å². The maximum Gasteiger partial charge on any atom is 0.320 e. The molecule has 0 aliphatic heterocycles. The van der Waals surface area contributed by atoms with Gasteiger partial charge < -0.3 is 16.2 Å². The van der Waals surface area contributed by atoms with E-state index >= 15 is 0 Å². The van der Waals surface area contributed by atoms with Gasteiger partial charge >= 0.3 is 5.97 Å². The Balaban J connectivity index is 3.51. The van der Waals surface area contributed by atoms with Crippen molar-refractivity contribution in [3.8, 4) is 0 Å². The summed E-state index contributed by atoms with van der Waals surface area (Å²) in [5.74, 6) is -0.761. The van der Waals surface area contributed by atoms with Gasteiger partial charge in [-0.1, -0.05) is 0 Å². The molecule has 7 heteroatoms. The number of hydroxylamine groups is 1. The Kier molecular flexibility index (Phi) is 6.42. The van der Waals surface area contributed by atoms with Crippen molar-refractivity contribution in [2.75, 3.05) is 13.6 Å². The van der Waals surface area contributed by atoms with Crippen molar-refractivity contribution in [2.45, 2.75) is 18.9 Å². The van der Waals surface area contributed by atoms with Gasteiger partial charge in [0.05, 0.1) is 0 Å². The summed E-state index contributed by atoms with van der Waals surface area (Å²) in [5, 5.41) is 19.7. The predicted octanol–water partition coefficient (Wildman–Crippen LogP) is -1.27. The minimum absolute atomic E-state index is 0.244. The van der Waals surface area contributed by atoms with E-state index in [0.717, 1.165) is 0 Å².